The summed E-state index contributed by atoms with van der Waals surface area (Å²) in [7, 11) is 0. The molecule has 1 N–H and O–H groups in total. The molecule has 1 atom stereocenters. The molecule has 0 bridgehead atoms. The van der Waals surface area contributed by atoms with Crippen LogP contribution in [0.2, 0.25) is 0 Å². The van der Waals surface area contributed by atoms with Gasteiger partial charge in [0.1, 0.15) is 0 Å². The summed E-state index contributed by atoms with van der Waals surface area (Å²) in [5, 5.41) is 0. The fourth-order valence-corrected chi connectivity index (χ4v) is 9.81. The van der Waals surface area contributed by atoms with E-state index in [4.69, 9.17) is 0 Å². The average Bonchev–Trinajstić information content (AvgIpc) is 3.00. The van der Waals surface area contributed by atoms with Gasteiger partial charge in [0.2, 0.25) is 0 Å². The van der Waals surface area contributed by atoms with Crippen molar-refractivity contribution < 1.29 is 46.1 Å². The maximum absolute atomic E-state index is 3.46. The van der Waals surface area contributed by atoms with Crippen molar-refractivity contribution in [2.45, 2.75) is 17.5 Å². The van der Waals surface area contributed by atoms with Crippen LogP contribution in [0.25, 0.3) is 6.08 Å². The van der Waals surface area contributed by atoms with E-state index >= 15 is 0 Å². The zero-order chi connectivity index (χ0) is 12.5. The van der Waals surface area contributed by atoms with Crippen LogP contribution in [0.1, 0.15) is 28.6 Å². The predicted octanol–water partition coefficient (Wildman–Crippen LogP) is -2.75. The predicted molar refractivity (Wildman–Crippen MR) is 75.0 cm³/mol. The second-order valence-electron chi connectivity index (χ2n) is 4.96. The summed E-state index contributed by atoms with van der Waals surface area (Å²) in [6.45, 7) is 4.62. The number of hydrogen-bond donors (Lipinski definition) is 1. The molecular weight excluding hydrogens is 368 g/mol. The number of aromatic amines is 1. The largest absolute Gasteiger partial charge is 1.00 e. The smallest absolute Gasteiger partial charge is 1.00 e. The van der Waals surface area contributed by atoms with Crippen LogP contribution in [-0.2, 0) is 21.3 Å². The summed E-state index contributed by atoms with van der Waals surface area (Å²) in [4.78, 5) is 3.46. The summed E-state index contributed by atoms with van der Waals surface area (Å²) in [6.07, 6.45) is 6.78. The first kappa shape index (κ1) is 17.6. The summed E-state index contributed by atoms with van der Waals surface area (Å²) in [5.74, 6) is 0. The zero-order valence-electron chi connectivity index (χ0n) is 11.5. The van der Waals surface area contributed by atoms with Crippen LogP contribution in [0.3, 0.4) is 0 Å². The Bertz CT molecular complexity index is 626. The third-order valence-electron chi connectivity index (χ3n) is 3.54. The van der Waals surface area contributed by atoms with Crippen molar-refractivity contribution in [1.29, 1.82) is 0 Å². The number of H-pyrrole nitrogens is 1. The van der Waals surface area contributed by atoms with Crippen LogP contribution in [0.5, 0.6) is 0 Å². The van der Waals surface area contributed by atoms with Crippen LogP contribution in [-0.4, -0.2) is 8.19 Å². The topological polar surface area (TPSA) is 15.8 Å². The van der Waals surface area contributed by atoms with Gasteiger partial charge in [-0.15, -0.1) is 0 Å². The molecule has 1 aliphatic rings. The van der Waals surface area contributed by atoms with E-state index in [0.29, 0.717) is 3.63 Å². The van der Waals surface area contributed by atoms with Gasteiger partial charge in [-0.25, -0.2) is 0 Å². The third-order valence-corrected chi connectivity index (χ3v) is 11.1. The Balaban J connectivity index is 0.000001000. The first-order valence-electron chi connectivity index (χ1n) is 6.35. The molecule has 1 aromatic carbocycles. The molecule has 1 nitrogen and oxygen atoms in total. The van der Waals surface area contributed by atoms with E-state index in [1.165, 1.54) is 14.5 Å². The van der Waals surface area contributed by atoms with Gasteiger partial charge in [-0.05, 0) is 0 Å². The molecule has 0 saturated carbocycles. The first-order chi connectivity index (χ1) is 8.77. The van der Waals surface area contributed by atoms with Gasteiger partial charge in [0.05, 0.1) is 0 Å². The monoisotopic (exact) mass is 383 g/mol. The number of halogens is 2. The molecule has 3 rings (SSSR count). The van der Waals surface area contributed by atoms with Gasteiger partial charge in [-0.3, -0.25) is 0 Å². The SMILES string of the molecule is C[C](C)=[Zr+2]([c]1ccc[nH]1)[CH]1C=Cc2ccccc21.[Cl-].[Cl-]. The molecule has 0 spiro atoms. The summed E-state index contributed by atoms with van der Waals surface area (Å²) < 4.78 is 3.81. The summed E-state index contributed by atoms with van der Waals surface area (Å²) >= 11 is -1.79. The van der Waals surface area contributed by atoms with E-state index < -0.39 is 21.3 Å². The van der Waals surface area contributed by atoms with E-state index in [-0.39, 0.29) is 24.8 Å². The fourth-order valence-electron chi connectivity index (χ4n) is 2.75. The fraction of sp³-hybridized carbons (Fsp3) is 0.188. The van der Waals surface area contributed by atoms with Crippen molar-refractivity contribution in [3.63, 3.8) is 0 Å². The van der Waals surface area contributed by atoms with Gasteiger partial charge >= 0.3 is 116 Å². The van der Waals surface area contributed by atoms with E-state index in [1.54, 1.807) is 3.21 Å². The van der Waals surface area contributed by atoms with Crippen LogP contribution in [0.4, 0.5) is 0 Å². The molecular formula is C16H17Cl2NZr. The molecule has 0 fully saturated rings. The first-order valence-corrected chi connectivity index (χ1v) is 10.2. The van der Waals surface area contributed by atoms with E-state index in [9.17, 15) is 0 Å². The Morgan fingerprint density at radius 1 is 1.05 bits per heavy atom. The molecule has 1 heterocycles. The van der Waals surface area contributed by atoms with Crippen LogP contribution < -0.4 is 28.2 Å². The second-order valence-corrected chi connectivity index (χ2v) is 12.3. The van der Waals surface area contributed by atoms with Gasteiger partial charge in [0.15, 0.2) is 0 Å². The van der Waals surface area contributed by atoms with Crippen molar-refractivity contribution >= 4 is 12.7 Å². The Labute approximate surface area is 140 Å². The van der Waals surface area contributed by atoms with Gasteiger partial charge in [0.25, 0.3) is 0 Å². The molecule has 0 radical (unpaired) electrons. The second kappa shape index (κ2) is 7.54. The molecule has 4 heteroatoms. The Kier molecular flexibility index (Phi) is 6.65. The maximum Gasteiger partial charge on any atom is -1.00 e. The van der Waals surface area contributed by atoms with Crippen LogP contribution in [0, 0.1) is 0 Å². The summed E-state index contributed by atoms with van der Waals surface area (Å²) in [5.41, 5.74) is 2.94. The van der Waals surface area contributed by atoms with Gasteiger partial charge in [-0.2, -0.15) is 0 Å². The minimum Gasteiger partial charge on any atom is -1.00 e. The van der Waals surface area contributed by atoms with Crippen LogP contribution >= 0.6 is 0 Å². The van der Waals surface area contributed by atoms with Crippen molar-refractivity contribution in [3.05, 3.63) is 59.8 Å². The number of nitrogens with one attached hydrogen (secondary N) is 1. The van der Waals surface area contributed by atoms with Crippen molar-refractivity contribution in [2.75, 3.05) is 0 Å². The number of aromatic nitrogens is 1. The standard InChI is InChI=1S/C9H7.C4H4N.C3H6.2ClH.Zr/c1-2-5-9-7-3-6-8(9)4-1;1-2-4-5-3-1;1-3-2;;;/h1-7H;1-3,5H;1-2H3;2*1H;/q;;;;;+2/p-2. The Morgan fingerprint density at radius 3 is 2.45 bits per heavy atom. The third kappa shape index (κ3) is 3.24. The average molecular weight is 385 g/mol. The molecule has 1 unspecified atom stereocenters. The minimum atomic E-state index is -1.79. The van der Waals surface area contributed by atoms with E-state index in [2.05, 4.69) is 73.6 Å². The van der Waals surface area contributed by atoms with Crippen molar-refractivity contribution in [2.24, 2.45) is 0 Å². The Morgan fingerprint density at radius 2 is 1.80 bits per heavy atom. The van der Waals surface area contributed by atoms with Gasteiger partial charge in [-0.1, -0.05) is 0 Å². The van der Waals surface area contributed by atoms with Gasteiger partial charge < -0.3 is 24.8 Å². The van der Waals surface area contributed by atoms with Crippen molar-refractivity contribution in [3.8, 4) is 0 Å². The quantitative estimate of drug-likeness (QED) is 0.577. The summed E-state index contributed by atoms with van der Waals surface area (Å²) in [6, 6.07) is 13.2. The Hall–Kier alpha value is -0.427. The molecule has 104 valence electrons. The number of hydrogen-bond acceptors (Lipinski definition) is 0. The zero-order valence-corrected chi connectivity index (χ0v) is 15.5. The van der Waals surface area contributed by atoms with Crippen molar-refractivity contribution in [1.82, 2.24) is 4.98 Å². The van der Waals surface area contributed by atoms with Gasteiger partial charge in [0, 0.05) is 0 Å². The van der Waals surface area contributed by atoms with Crippen LogP contribution in [0.15, 0.2) is 48.7 Å². The molecule has 1 aliphatic carbocycles. The van der Waals surface area contributed by atoms with E-state index in [0.717, 1.165) is 0 Å². The molecule has 0 amide bonds. The maximum atomic E-state index is 3.46. The van der Waals surface area contributed by atoms with E-state index in [1.807, 2.05) is 0 Å². The molecule has 0 saturated heterocycles. The molecule has 2 aromatic rings. The molecule has 1 aromatic heterocycles. The number of allylic oxidation sites excluding steroid dienone is 1. The number of benzene rings is 1. The molecule has 20 heavy (non-hydrogen) atoms. The molecule has 0 aliphatic heterocycles. The minimum absolute atomic E-state index is 0. The number of rotatable bonds is 2. The normalized spacial score (nSPS) is 14.6. The number of fused-ring (bicyclic) bond motifs is 1.